The summed E-state index contributed by atoms with van der Waals surface area (Å²) in [6.45, 7) is 13.6. The molecule has 0 fully saturated rings. The highest BCUT2D eigenvalue weighted by atomic mass is 28.4. The van der Waals surface area contributed by atoms with Gasteiger partial charge in [-0.25, -0.2) is 9.59 Å². The molecule has 0 unspecified atom stereocenters. The van der Waals surface area contributed by atoms with Crippen molar-refractivity contribution in [2.24, 2.45) is 0 Å². The van der Waals surface area contributed by atoms with E-state index in [0.717, 1.165) is 55.9 Å². The third-order valence-electron chi connectivity index (χ3n) is 7.02. The molecule has 8 heteroatoms. The van der Waals surface area contributed by atoms with Gasteiger partial charge in [-0.1, -0.05) is 32.9 Å². The van der Waals surface area contributed by atoms with Gasteiger partial charge in [0, 0.05) is 31.1 Å². The lowest BCUT2D eigenvalue weighted by molar-refractivity contribution is 0.0556. The first kappa shape index (κ1) is 26.0. The Morgan fingerprint density at radius 2 is 1.65 bits per heavy atom. The van der Waals surface area contributed by atoms with Crippen LogP contribution in [0.15, 0.2) is 24.3 Å². The number of fused-ring (bicyclic) bond motifs is 1. The van der Waals surface area contributed by atoms with Crippen LogP contribution in [0.2, 0.25) is 18.1 Å². The first-order valence-corrected chi connectivity index (χ1v) is 14.8. The molecule has 0 saturated carbocycles. The van der Waals surface area contributed by atoms with Crippen molar-refractivity contribution >= 4 is 25.9 Å². The highest BCUT2D eigenvalue weighted by Gasteiger charge is 2.37. The third-order valence-corrected chi connectivity index (χ3v) is 11.6. The third kappa shape index (κ3) is 5.23. The van der Waals surface area contributed by atoms with Gasteiger partial charge in [0.15, 0.2) is 8.32 Å². The molecule has 2 heterocycles. The van der Waals surface area contributed by atoms with Gasteiger partial charge >= 0.3 is 11.9 Å². The first-order chi connectivity index (χ1) is 16.0. The minimum Gasteiger partial charge on any atom is -0.465 e. The monoisotopic (exact) mass is 486 g/mol. The summed E-state index contributed by atoms with van der Waals surface area (Å²) in [6, 6.07) is 7.95. The van der Waals surface area contributed by atoms with Crippen LogP contribution in [0.5, 0.6) is 0 Å². The number of carbonyl (C=O) groups is 2. The Morgan fingerprint density at radius 1 is 1.03 bits per heavy atom. The van der Waals surface area contributed by atoms with Crippen molar-refractivity contribution in [1.82, 2.24) is 4.57 Å². The van der Waals surface area contributed by atoms with Crippen LogP contribution in [0.3, 0.4) is 0 Å². The van der Waals surface area contributed by atoms with Crippen molar-refractivity contribution in [1.29, 1.82) is 0 Å². The van der Waals surface area contributed by atoms with Gasteiger partial charge in [-0.05, 0) is 55.1 Å². The van der Waals surface area contributed by atoms with Crippen molar-refractivity contribution in [3.63, 3.8) is 0 Å². The summed E-state index contributed by atoms with van der Waals surface area (Å²) in [4.78, 5) is 25.2. The fraction of sp³-hybridized carbons (Fsp3) is 0.538. The predicted octanol–water partition coefficient (Wildman–Crippen LogP) is 5.50. The van der Waals surface area contributed by atoms with E-state index in [1.165, 1.54) is 14.2 Å². The molecule has 0 bridgehead atoms. The molecule has 1 N–H and O–H groups in total. The van der Waals surface area contributed by atoms with Gasteiger partial charge in [0.1, 0.15) is 5.56 Å². The Balaban J connectivity index is 1.74. The van der Waals surface area contributed by atoms with Gasteiger partial charge in [0.05, 0.1) is 25.5 Å². The number of hydrogen-bond acceptors (Lipinski definition) is 6. The molecular weight excluding hydrogens is 448 g/mol. The minimum atomic E-state index is -1.72. The van der Waals surface area contributed by atoms with Crippen LogP contribution >= 0.6 is 0 Å². The van der Waals surface area contributed by atoms with Gasteiger partial charge in [-0.3, -0.25) is 0 Å². The Hall–Kier alpha value is -2.58. The quantitative estimate of drug-likeness (QED) is 0.286. The highest BCUT2D eigenvalue weighted by molar-refractivity contribution is 6.74. The minimum absolute atomic E-state index is 0.214. The number of esters is 2. The number of carbonyl (C=O) groups excluding carboxylic acids is 2. The van der Waals surface area contributed by atoms with E-state index in [-0.39, 0.29) is 10.6 Å². The molecule has 186 valence electrons. The zero-order valence-corrected chi connectivity index (χ0v) is 22.5. The lowest BCUT2D eigenvalue weighted by atomic mass is 10.0. The van der Waals surface area contributed by atoms with Gasteiger partial charge in [-0.2, -0.15) is 0 Å². The molecule has 0 saturated heterocycles. The molecule has 2 aromatic rings. The maximum atomic E-state index is 12.7. The van der Waals surface area contributed by atoms with Crippen LogP contribution in [0, 0.1) is 0 Å². The van der Waals surface area contributed by atoms with Crippen LogP contribution in [0.25, 0.3) is 11.3 Å². The average molecular weight is 487 g/mol. The van der Waals surface area contributed by atoms with E-state index >= 15 is 0 Å². The Labute approximate surface area is 203 Å². The van der Waals surface area contributed by atoms with E-state index in [4.69, 9.17) is 13.9 Å². The van der Waals surface area contributed by atoms with E-state index in [1.807, 2.05) is 24.3 Å². The van der Waals surface area contributed by atoms with Crippen molar-refractivity contribution in [2.45, 2.75) is 64.7 Å². The number of ether oxygens (including phenoxy) is 2. The van der Waals surface area contributed by atoms with Crippen LogP contribution < -0.4 is 5.32 Å². The molecule has 1 aliphatic rings. The lowest BCUT2D eigenvalue weighted by Crippen LogP contribution is -2.41. The van der Waals surface area contributed by atoms with Crippen molar-refractivity contribution in [3.05, 3.63) is 41.1 Å². The number of nitrogens with one attached hydrogen (secondary N) is 1. The molecule has 1 aromatic heterocycles. The van der Waals surface area contributed by atoms with Crippen LogP contribution in [-0.2, 0) is 26.9 Å². The largest absolute Gasteiger partial charge is 0.465 e. The summed E-state index contributed by atoms with van der Waals surface area (Å²) < 4.78 is 18.3. The van der Waals surface area contributed by atoms with Crippen LogP contribution in [-0.4, -0.2) is 52.2 Å². The second-order valence-corrected chi connectivity index (χ2v) is 15.1. The zero-order chi connectivity index (χ0) is 25.1. The summed E-state index contributed by atoms with van der Waals surface area (Å²) >= 11 is 0. The summed E-state index contributed by atoms with van der Waals surface area (Å²) in [5.41, 5.74) is 4.03. The standard InChI is InChI=1S/C26H38N2O5Si/c1-26(2,3)34(6,7)33-17-9-15-27-19-13-11-18(12-14-19)23-22(25(30)32-5)21(24(29)31-4)20-10-8-16-28(20)23/h11-14,27H,8-10,15-17H2,1-7H3. The summed E-state index contributed by atoms with van der Waals surface area (Å²) in [5.74, 6) is -1.03. The summed E-state index contributed by atoms with van der Waals surface area (Å²) in [5, 5.41) is 3.66. The normalized spacial score (nSPS) is 13.5. The van der Waals surface area contributed by atoms with Crippen LogP contribution in [0.4, 0.5) is 5.69 Å². The number of nitrogens with zero attached hydrogens (tertiary/aromatic N) is 1. The molecule has 0 aliphatic carbocycles. The van der Waals surface area contributed by atoms with E-state index in [2.05, 4.69) is 43.7 Å². The topological polar surface area (TPSA) is 78.8 Å². The van der Waals surface area contributed by atoms with Gasteiger partial charge in [0.25, 0.3) is 0 Å². The van der Waals surface area contributed by atoms with E-state index in [0.29, 0.717) is 11.3 Å². The van der Waals surface area contributed by atoms with Gasteiger partial charge in [0.2, 0.25) is 0 Å². The fourth-order valence-electron chi connectivity index (χ4n) is 4.10. The molecule has 0 radical (unpaired) electrons. The number of hydrogen-bond donors (Lipinski definition) is 1. The predicted molar refractivity (Wildman–Crippen MR) is 137 cm³/mol. The number of anilines is 1. The second kappa shape index (κ2) is 10.4. The number of benzene rings is 1. The fourth-order valence-corrected chi connectivity index (χ4v) is 5.18. The Kier molecular flexibility index (Phi) is 7.93. The van der Waals surface area contributed by atoms with Crippen molar-refractivity contribution in [2.75, 3.05) is 32.7 Å². The SMILES string of the molecule is COC(=O)c1c(C(=O)OC)c(-c2ccc(NCCCO[Si](C)(C)C(C)(C)C)cc2)n2c1CCC2. The van der Waals surface area contributed by atoms with Crippen molar-refractivity contribution in [3.8, 4) is 11.3 Å². The lowest BCUT2D eigenvalue weighted by Gasteiger charge is -2.36. The van der Waals surface area contributed by atoms with E-state index in [9.17, 15) is 9.59 Å². The summed E-state index contributed by atoms with van der Waals surface area (Å²) in [7, 11) is 0.949. The Morgan fingerprint density at radius 3 is 2.24 bits per heavy atom. The molecule has 1 aliphatic heterocycles. The molecule has 0 spiro atoms. The molecule has 7 nitrogen and oxygen atoms in total. The maximum Gasteiger partial charge on any atom is 0.340 e. The second-order valence-electron chi connectivity index (χ2n) is 10.3. The van der Waals surface area contributed by atoms with Crippen molar-refractivity contribution < 1.29 is 23.5 Å². The maximum absolute atomic E-state index is 12.7. The first-order valence-electron chi connectivity index (χ1n) is 11.9. The number of aromatic nitrogens is 1. The zero-order valence-electron chi connectivity index (χ0n) is 21.5. The molecular formula is C26H38N2O5Si. The average Bonchev–Trinajstić information content (AvgIpc) is 3.38. The van der Waals surface area contributed by atoms with E-state index < -0.39 is 20.3 Å². The van der Waals surface area contributed by atoms with Crippen LogP contribution in [0.1, 0.15) is 60.0 Å². The molecule has 0 atom stereocenters. The number of methoxy groups -OCH3 is 2. The molecule has 1 aromatic carbocycles. The molecule has 0 amide bonds. The molecule has 34 heavy (non-hydrogen) atoms. The smallest absolute Gasteiger partial charge is 0.340 e. The highest BCUT2D eigenvalue weighted by Crippen LogP contribution is 2.38. The molecule has 3 rings (SSSR count). The van der Waals surface area contributed by atoms with Gasteiger partial charge in [-0.15, -0.1) is 0 Å². The summed E-state index contributed by atoms with van der Waals surface area (Å²) in [6.07, 6.45) is 2.57. The Bertz CT molecular complexity index is 1030. The van der Waals surface area contributed by atoms with Gasteiger partial charge < -0.3 is 23.8 Å². The van der Waals surface area contributed by atoms with E-state index in [1.54, 1.807) is 0 Å². The number of rotatable bonds is 9.